The summed E-state index contributed by atoms with van der Waals surface area (Å²) in [5.41, 5.74) is 0.113. The molecule has 4 atom stereocenters. The van der Waals surface area contributed by atoms with Gasteiger partial charge in [-0.2, -0.15) is 0 Å². The van der Waals surface area contributed by atoms with Gasteiger partial charge in [-0.15, -0.1) is 0 Å². The van der Waals surface area contributed by atoms with Gasteiger partial charge in [0.15, 0.2) is 9.84 Å². The van der Waals surface area contributed by atoms with Crippen LogP contribution in [0.4, 0.5) is 8.78 Å². The maximum atomic E-state index is 14.6. The standard InChI is InChI=1S/C23H22ClF2N3O4S/c1-34(32,33)14-4-13(9-27-10-14)23(31)29-19-5-12(19)6-20(29)22(30)28-21(11-2-3-11)15-7-18(26)16(24)8-17(15)25/h4,7-12,19-21H,2-3,5-6H2,1H3,(H,28,30)/t12-,19-,20-,21?/m1/s1. The first-order valence-electron chi connectivity index (χ1n) is 11.0. The van der Waals surface area contributed by atoms with Crippen LogP contribution in [0.3, 0.4) is 0 Å². The molecule has 1 saturated heterocycles. The fourth-order valence-corrected chi connectivity index (χ4v) is 5.52. The minimum absolute atomic E-state index is 0.0313. The Balaban J connectivity index is 1.40. The van der Waals surface area contributed by atoms with E-state index in [0.29, 0.717) is 6.42 Å². The zero-order chi connectivity index (χ0) is 24.4. The summed E-state index contributed by atoms with van der Waals surface area (Å²) in [5, 5.41) is 2.51. The minimum Gasteiger partial charge on any atom is -0.347 e. The van der Waals surface area contributed by atoms with Crippen LogP contribution in [0.2, 0.25) is 5.02 Å². The number of nitrogens with zero attached hydrogens (tertiary/aromatic N) is 2. The Morgan fingerprint density at radius 1 is 1.15 bits per heavy atom. The number of amides is 2. The van der Waals surface area contributed by atoms with Gasteiger partial charge in [0.1, 0.15) is 17.7 Å². The Bertz CT molecular complexity index is 1300. The predicted octanol–water partition coefficient (Wildman–Crippen LogP) is 3.29. The molecule has 2 saturated carbocycles. The van der Waals surface area contributed by atoms with Gasteiger partial charge in [0.2, 0.25) is 5.91 Å². The molecular weight excluding hydrogens is 488 g/mol. The molecule has 7 nitrogen and oxygen atoms in total. The number of benzene rings is 1. The van der Waals surface area contributed by atoms with Crippen LogP contribution in [0.5, 0.6) is 0 Å². The highest BCUT2D eigenvalue weighted by molar-refractivity contribution is 7.90. The molecule has 5 rings (SSSR count). The molecule has 3 fully saturated rings. The molecule has 34 heavy (non-hydrogen) atoms. The van der Waals surface area contributed by atoms with Crippen molar-refractivity contribution >= 4 is 33.3 Å². The van der Waals surface area contributed by atoms with Crippen molar-refractivity contribution in [2.24, 2.45) is 11.8 Å². The largest absolute Gasteiger partial charge is 0.347 e. The predicted molar refractivity (Wildman–Crippen MR) is 119 cm³/mol. The van der Waals surface area contributed by atoms with Crippen molar-refractivity contribution in [1.29, 1.82) is 0 Å². The Hall–Kier alpha value is -2.59. The summed E-state index contributed by atoms with van der Waals surface area (Å²) in [6.07, 6.45) is 6.21. The second-order valence-corrected chi connectivity index (χ2v) is 11.7. The van der Waals surface area contributed by atoms with Crippen molar-refractivity contribution in [3.8, 4) is 0 Å². The number of rotatable bonds is 6. The minimum atomic E-state index is -3.56. The van der Waals surface area contributed by atoms with E-state index in [1.807, 2.05) is 0 Å². The second kappa shape index (κ2) is 8.27. The zero-order valence-corrected chi connectivity index (χ0v) is 19.7. The van der Waals surface area contributed by atoms with Gasteiger partial charge < -0.3 is 10.2 Å². The van der Waals surface area contributed by atoms with Crippen molar-refractivity contribution < 1.29 is 26.8 Å². The van der Waals surface area contributed by atoms with Crippen LogP contribution in [-0.2, 0) is 14.6 Å². The number of hydrogen-bond donors (Lipinski definition) is 1. The molecule has 2 aromatic rings. The zero-order valence-electron chi connectivity index (χ0n) is 18.2. The van der Waals surface area contributed by atoms with Crippen molar-refractivity contribution in [2.75, 3.05) is 6.26 Å². The molecule has 2 amide bonds. The third kappa shape index (κ3) is 4.29. The van der Waals surface area contributed by atoms with E-state index >= 15 is 0 Å². The van der Waals surface area contributed by atoms with Gasteiger partial charge in [0, 0.05) is 30.3 Å². The number of carbonyl (C=O) groups excluding carboxylic acids is 2. The summed E-state index contributed by atoms with van der Waals surface area (Å²) in [4.78, 5) is 31.9. The molecule has 180 valence electrons. The van der Waals surface area contributed by atoms with Crippen LogP contribution in [0.15, 0.2) is 35.5 Å². The van der Waals surface area contributed by atoms with E-state index in [1.54, 1.807) is 0 Å². The number of likely N-dealkylation sites (tertiary alicyclic amines) is 1. The summed E-state index contributed by atoms with van der Waals surface area (Å²) >= 11 is 5.68. The fraction of sp³-hybridized carbons (Fsp3) is 0.435. The Morgan fingerprint density at radius 3 is 2.56 bits per heavy atom. The average Bonchev–Trinajstić information content (AvgIpc) is 3.72. The first-order valence-corrected chi connectivity index (χ1v) is 13.2. The maximum Gasteiger partial charge on any atom is 0.256 e. The van der Waals surface area contributed by atoms with Crippen LogP contribution < -0.4 is 5.32 Å². The van der Waals surface area contributed by atoms with Crippen molar-refractivity contribution in [2.45, 2.75) is 48.7 Å². The molecule has 2 aliphatic carbocycles. The fourth-order valence-electron chi connectivity index (χ4n) is 4.78. The maximum absolute atomic E-state index is 14.6. The van der Waals surface area contributed by atoms with Crippen molar-refractivity contribution in [3.05, 3.63) is 58.4 Å². The lowest BCUT2D eigenvalue weighted by molar-refractivity contribution is -0.126. The van der Waals surface area contributed by atoms with E-state index in [0.717, 1.165) is 37.7 Å². The van der Waals surface area contributed by atoms with E-state index in [1.165, 1.54) is 23.4 Å². The number of nitrogens with one attached hydrogen (secondary N) is 1. The third-order valence-corrected chi connectivity index (χ3v) is 8.16. The molecule has 0 radical (unpaired) electrons. The van der Waals surface area contributed by atoms with Crippen LogP contribution in [-0.4, -0.2) is 48.5 Å². The molecule has 1 unspecified atom stereocenters. The lowest BCUT2D eigenvalue weighted by atomic mass is 10.00. The number of sulfone groups is 1. The first-order chi connectivity index (χ1) is 16.0. The van der Waals surface area contributed by atoms with Crippen LogP contribution in [0, 0.1) is 23.5 Å². The van der Waals surface area contributed by atoms with Gasteiger partial charge in [0.25, 0.3) is 5.91 Å². The van der Waals surface area contributed by atoms with Crippen LogP contribution >= 0.6 is 11.6 Å². The number of hydrogen-bond acceptors (Lipinski definition) is 5. The van der Waals surface area contributed by atoms with E-state index in [2.05, 4.69) is 10.3 Å². The number of halogens is 3. The molecule has 11 heteroatoms. The van der Waals surface area contributed by atoms with Crippen LogP contribution in [0.1, 0.15) is 47.6 Å². The van der Waals surface area contributed by atoms with Gasteiger partial charge in [-0.25, -0.2) is 17.2 Å². The molecule has 0 bridgehead atoms. The van der Waals surface area contributed by atoms with Gasteiger partial charge in [0.05, 0.1) is 21.5 Å². The normalized spacial score (nSPS) is 24.5. The SMILES string of the molecule is CS(=O)(=O)c1cncc(C(=O)N2[C@@H](C(=O)NC(c3cc(F)c(Cl)cc3F)C3CC3)C[C@H]3C[C@H]32)c1. The third-order valence-electron chi connectivity index (χ3n) is 6.80. The topological polar surface area (TPSA) is 96.4 Å². The molecule has 3 aliphatic rings. The quantitative estimate of drug-likeness (QED) is 0.603. The molecule has 2 heterocycles. The smallest absolute Gasteiger partial charge is 0.256 e. The van der Waals surface area contributed by atoms with Crippen molar-refractivity contribution in [1.82, 2.24) is 15.2 Å². The lowest BCUT2D eigenvalue weighted by Gasteiger charge is -2.29. The molecule has 0 spiro atoms. The first kappa shape index (κ1) is 23.2. The lowest BCUT2D eigenvalue weighted by Crippen LogP contribution is -2.49. The highest BCUT2D eigenvalue weighted by Crippen LogP contribution is 2.49. The molecule has 1 aliphatic heterocycles. The summed E-state index contributed by atoms with van der Waals surface area (Å²) in [6, 6.07) is 1.53. The number of piperidine rings is 1. The number of fused-ring (bicyclic) bond motifs is 1. The Kier molecular flexibility index (Phi) is 5.63. The van der Waals surface area contributed by atoms with Crippen LogP contribution in [0.25, 0.3) is 0 Å². The van der Waals surface area contributed by atoms with Gasteiger partial charge in [-0.05, 0) is 55.7 Å². The highest BCUT2D eigenvalue weighted by atomic mass is 35.5. The van der Waals surface area contributed by atoms with Crippen molar-refractivity contribution in [3.63, 3.8) is 0 Å². The monoisotopic (exact) mass is 509 g/mol. The van der Waals surface area contributed by atoms with Gasteiger partial charge in [-0.1, -0.05) is 11.6 Å². The molecule has 1 aromatic heterocycles. The summed E-state index contributed by atoms with van der Waals surface area (Å²) in [7, 11) is -3.56. The molecule has 1 N–H and O–H groups in total. The number of pyridine rings is 1. The van der Waals surface area contributed by atoms with E-state index in [4.69, 9.17) is 11.6 Å². The average molecular weight is 510 g/mol. The van der Waals surface area contributed by atoms with E-state index in [9.17, 15) is 26.8 Å². The molecule has 1 aromatic carbocycles. The number of carbonyl (C=O) groups is 2. The second-order valence-electron chi connectivity index (χ2n) is 9.32. The Morgan fingerprint density at radius 2 is 1.88 bits per heavy atom. The summed E-state index contributed by atoms with van der Waals surface area (Å²) in [5.74, 6) is -2.25. The summed E-state index contributed by atoms with van der Waals surface area (Å²) in [6.45, 7) is 0. The number of aromatic nitrogens is 1. The van der Waals surface area contributed by atoms with Gasteiger partial charge >= 0.3 is 0 Å². The highest BCUT2D eigenvalue weighted by Gasteiger charge is 2.56. The Labute approximate surface area is 200 Å². The molecular formula is C23H22ClF2N3O4S. The van der Waals surface area contributed by atoms with Gasteiger partial charge in [-0.3, -0.25) is 14.6 Å². The van der Waals surface area contributed by atoms with E-state index in [-0.39, 0.29) is 38.9 Å². The van der Waals surface area contributed by atoms with E-state index < -0.39 is 45.4 Å². The summed E-state index contributed by atoms with van der Waals surface area (Å²) < 4.78 is 52.4.